The minimum atomic E-state index is -0.954. The highest BCUT2D eigenvalue weighted by atomic mass is 16.3. The second-order valence-electron chi connectivity index (χ2n) is 2.82. The molecule has 0 aromatic carbocycles. The van der Waals surface area contributed by atoms with Crippen molar-refractivity contribution in [2.75, 3.05) is 13.2 Å². The number of hydrogen-bond donors (Lipinski definition) is 3. The summed E-state index contributed by atoms with van der Waals surface area (Å²) >= 11 is 0. The van der Waals surface area contributed by atoms with Crippen molar-refractivity contribution in [3.05, 3.63) is 0 Å². The topological polar surface area (TPSA) is 60.7 Å². The first kappa shape index (κ1) is 13.5. The van der Waals surface area contributed by atoms with Crippen molar-refractivity contribution in [1.82, 2.24) is 0 Å². The lowest BCUT2D eigenvalue weighted by molar-refractivity contribution is 0.0450. The monoisotopic (exact) mass is 164 g/mol. The molecule has 0 radical (unpaired) electrons. The predicted octanol–water partition coefficient (Wildman–Crippen LogP) is 0.384. The summed E-state index contributed by atoms with van der Waals surface area (Å²) in [7, 11) is 0. The van der Waals surface area contributed by atoms with Crippen LogP contribution in [0.3, 0.4) is 0 Å². The SMILES string of the molecule is CCC(C)C.OCC(O)CO. The summed E-state index contributed by atoms with van der Waals surface area (Å²) in [6, 6.07) is 0. The van der Waals surface area contributed by atoms with E-state index in [0.717, 1.165) is 5.92 Å². The van der Waals surface area contributed by atoms with Crippen LogP contribution in [0.5, 0.6) is 0 Å². The molecule has 0 aromatic rings. The molecule has 0 saturated carbocycles. The van der Waals surface area contributed by atoms with Crippen LogP contribution in [0.2, 0.25) is 0 Å². The Morgan fingerprint density at radius 1 is 1.09 bits per heavy atom. The van der Waals surface area contributed by atoms with E-state index in [1.165, 1.54) is 6.42 Å². The van der Waals surface area contributed by atoms with E-state index in [1.54, 1.807) is 0 Å². The zero-order chi connectivity index (χ0) is 9.28. The van der Waals surface area contributed by atoms with Gasteiger partial charge in [-0.1, -0.05) is 27.2 Å². The van der Waals surface area contributed by atoms with E-state index >= 15 is 0 Å². The van der Waals surface area contributed by atoms with E-state index in [2.05, 4.69) is 20.8 Å². The summed E-state index contributed by atoms with van der Waals surface area (Å²) < 4.78 is 0. The molecule has 0 aliphatic carbocycles. The highest BCUT2D eigenvalue weighted by Crippen LogP contribution is 1.93. The van der Waals surface area contributed by atoms with Crippen LogP contribution in [0.25, 0.3) is 0 Å². The Balaban J connectivity index is 0. The molecule has 0 aliphatic heterocycles. The maximum absolute atomic E-state index is 8.17. The van der Waals surface area contributed by atoms with Gasteiger partial charge in [0.15, 0.2) is 0 Å². The second kappa shape index (κ2) is 9.88. The van der Waals surface area contributed by atoms with Gasteiger partial charge >= 0.3 is 0 Å². The van der Waals surface area contributed by atoms with Crippen molar-refractivity contribution in [2.45, 2.75) is 33.3 Å². The van der Waals surface area contributed by atoms with Gasteiger partial charge in [0.25, 0.3) is 0 Å². The molecule has 0 bridgehead atoms. The number of aliphatic hydroxyl groups is 3. The molecule has 3 heteroatoms. The van der Waals surface area contributed by atoms with Gasteiger partial charge in [0.2, 0.25) is 0 Å². The Morgan fingerprint density at radius 3 is 1.36 bits per heavy atom. The van der Waals surface area contributed by atoms with E-state index < -0.39 is 6.10 Å². The van der Waals surface area contributed by atoms with Crippen molar-refractivity contribution in [2.24, 2.45) is 5.92 Å². The molecular formula is C8H20O3. The minimum Gasteiger partial charge on any atom is -0.394 e. The molecule has 3 nitrogen and oxygen atoms in total. The summed E-state index contributed by atoms with van der Waals surface area (Å²) in [5.41, 5.74) is 0. The molecule has 0 unspecified atom stereocenters. The van der Waals surface area contributed by atoms with E-state index in [9.17, 15) is 0 Å². The van der Waals surface area contributed by atoms with Crippen LogP contribution in [-0.2, 0) is 0 Å². The second-order valence-corrected chi connectivity index (χ2v) is 2.82. The maximum atomic E-state index is 8.17. The van der Waals surface area contributed by atoms with Crippen LogP contribution in [0.4, 0.5) is 0 Å². The summed E-state index contributed by atoms with van der Waals surface area (Å²) in [5, 5.41) is 24.0. The molecule has 0 spiro atoms. The molecule has 70 valence electrons. The predicted molar refractivity (Wildman–Crippen MR) is 45.3 cm³/mol. The fraction of sp³-hybridized carbons (Fsp3) is 1.00. The average Bonchev–Trinajstić information content (AvgIpc) is 2.04. The van der Waals surface area contributed by atoms with Crippen molar-refractivity contribution in [3.63, 3.8) is 0 Å². The van der Waals surface area contributed by atoms with Crippen molar-refractivity contribution < 1.29 is 15.3 Å². The Bertz CT molecular complexity index is 60.4. The lowest BCUT2D eigenvalue weighted by Crippen LogP contribution is -2.15. The Morgan fingerprint density at radius 2 is 1.36 bits per heavy atom. The summed E-state index contributed by atoms with van der Waals surface area (Å²) in [4.78, 5) is 0. The molecule has 0 aromatic heterocycles. The van der Waals surface area contributed by atoms with Crippen LogP contribution in [0.15, 0.2) is 0 Å². The lowest BCUT2D eigenvalue weighted by atomic mass is 10.2. The smallest absolute Gasteiger partial charge is 0.100 e. The van der Waals surface area contributed by atoms with Gasteiger partial charge in [0.1, 0.15) is 6.10 Å². The Hall–Kier alpha value is -0.120. The van der Waals surface area contributed by atoms with E-state index in [1.807, 2.05) is 0 Å². The van der Waals surface area contributed by atoms with Gasteiger partial charge in [0.05, 0.1) is 13.2 Å². The van der Waals surface area contributed by atoms with Crippen LogP contribution < -0.4 is 0 Å². The third kappa shape index (κ3) is 17.7. The molecule has 0 heterocycles. The summed E-state index contributed by atoms with van der Waals surface area (Å²) in [6.07, 6.45) is 0.352. The molecule has 0 rings (SSSR count). The largest absolute Gasteiger partial charge is 0.394 e. The fourth-order valence-electron chi connectivity index (χ4n) is 0.0577. The molecule has 11 heavy (non-hydrogen) atoms. The van der Waals surface area contributed by atoms with Crippen molar-refractivity contribution in [1.29, 1.82) is 0 Å². The Kier molecular flexibility index (Phi) is 12.1. The highest BCUT2D eigenvalue weighted by Gasteiger charge is 1.93. The first-order valence-electron chi connectivity index (χ1n) is 3.98. The quantitative estimate of drug-likeness (QED) is 0.565. The highest BCUT2D eigenvalue weighted by molar-refractivity contribution is 4.44. The first-order chi connectivity index (χ1) is 5.08. The number of hydrogen-bond acceptors (Lipinski definition) is 3. The van der Waals surface area contributed by atoms with Gasteiger partial charge in [-0.15, -0.1) is 0 Å². The number of rotatable bonds is 3. The number of aliphatic hydroxyl groups excluding tert-OH is 3. The first-order valence-corrected chi connectivity index (χ1v) is 3.98. The molecular weight excluding hydrogens is 144 g/mol. The zero-order valence-electron chi connectivity index (χ0n) is 7.62. The van der Waals surface area contributed by atoms with Crippen LogP contribution in [-0.4, -0.2) is 34.6 Å². The lowest BCUT2D eigenvalue weighted by Gasteiger charge is -1.96. The van der Waals surface area contributed by atoms with Crippen LogP contribution >= 0.6 is 0 Å². The standard InChI is InChI=1S/C5H12.C3H8O3/c1-4-5(2)3;4-1-3(6)2-5/h5H,4H2,1-3H3;3-6H,1-2H2. The summed E-state index contributed by atoms with van der Waals surface area (Å²) in [6.45, 7) is 5.91. The molecule has 3 N–H and O–H groups in total. The molecule has 0 atom stereocenters. The van der Waals surface area contributed by atoms with Crippen LogP contribution in [0, 0.1) is 5.92 Å². The van der Waals surface area contributed by atoms with Gasteiger partial charge in [0, 0.05) is 0 Å². The molecule has 0 saturated heterocycles. The van der Waals surface area contributed by atoms with Gasteiger partial charge in [-0.05, 0) is 5.92 Å². The molecule has 0 fully saturated rings. The van der Waals surface area contributed by atoms with Gasteiger partial charge in [-0.25, -0.2) is 0 Å². The van der Waals surface area contributed by atoms with E-state index in [-0.39, 0.29) is 13.2 Å². The van der Waals surface area contributed by atoms with Crippen molar-refractivity contribution >= 4 is 0 Å². The van der Waals surface area contributed by atoms with Gasteiger partial charge in [-0.2, -0.15) is 0 Å². The summed E-state index contributed by atoms with van der Waals surface area (Å²) in [5.74, 6) is 0.884. The van der Waals surface area contributed by atoms with Gasteiger partial charge < -0.3 is 15.3 Å². The van der Waals surface area contributed by atoms with Crippen molar-refractivity contribution in [3.8, 4) is 0 Å². The Labute approximate surface area is 68.7 Å². The zero-order valence-corrected chi connectivity index (χ0v) is 7.62. The van der Waals surface area contributed by atoms with E-state index in [0.29, 0.717) is 0 Å². The third-order valence-corrected chi connectivity index (χ3v) is 1.24. The molecule has 0 amide bonds. The fourth-order valence-corrected chi connectivity index (χ4v) is 0.0577. The normalized spacial score (nSPS) is 9.82. The van der Waals surface area contributed by atoms with Gasteiger partial charge in [-0.3, -0.25) is 0 Å². The third-order valence-electron chi connectivity index (χ3n) is 1.24. The van der Waals surface area contributed by atoms with E-state index in [4.69, 9.17) is 15.3 Å². The van der Waals surface area contributed by atoms with Crippen LogP contribution in [0.1, 0.15) is 27.2 Å². The average molecular weight is 164 g/mol. The molecule has 0 aliphatic rings. The minimum absolute atomic E-state index is 0.365. The maximum Gasteiger partial charge on any atom is 0.100 e.